The molecule has 0 aliphatic carbocycles. The second kappa shape index (κ2) is 3.55. The maximum atomic E-state index is 11.8. The first-order chi connectivity index (χ1) is 4.50. The highest BCUT2D eigenvalue weighted by Crippen LogP contribution is 2.23. The van der Waals surface area contributed by atoms with Crippen LogP contribution in [0.5, 0.6) is 0 Å². The van der Waals surface area contributed by atoms with Gasteiger partial charge in [-0.05, 0) is 6.08 Å². The SMILES string of the molecule is OC/C=C/C(F)(F)C(F)F. The topological polar surface area (TPSA) is 20.2 Å². The fraction of sp³-hybridized carbons (Fsp3) is 0.600. The molecule has 0 aromatic heterocycles. The first-order valence-corrected chi connectivity index (χ1v) is 2.45. The smallest absolute Gasteiger partial charge is 0.325 e. The molecule has 0 amide bonds. The highest BCUT2D eigenvalue weighted by atomic mass is 19.3. The molecule has 0 radical (unpaired) electrons. The number of hydrogen-bond acceptors (Lipinski definition) is 1. The number of halogens is 4. The Morgan fingerprint density at radius 3 is 2.20 bits per heavy atom. The van der Waals surface area contributed by atoms with Gasteiger partial charge in [0.15, 0.2) is 0 Å². The Morgan fingerprint density at radius 2 is 1.90 bits per heavy atom. The number of alkyl halides is 4. The van der Waals surface area contributed by atoms with E-state index in [0.29, 0.717) is 6.08 Å². The molecule has 0 rings (SSSR count). The van der Waals surface area contributed by atoms with Crippen LogP contribution in [0.4, 0.5) is 17.6 Å². The molecule has 0 atom stereocenters. The Kier molecular flexibility index (Phi) is 3.35. The summed E-state index contributed by atoms with van der Waals surface area (Å²) >= 11 is 0. The lowest BCUT2D eigenvalue weighted by Crippen LogP contribution is -2.23. The number of aliphatic hydroxyl groups excluding tert-OH is 1. The van der Waals surface area contributed by atoms with Crippen LogP contribution in [0.15, 0.2) is 12.2 Å². The highest BCUT2D eigenvalue weighted by molar-refractivity contribution is 4.96. The molecule has 10 heavy (non-hydrogen) atoms. The Labute approximate surface area is 55.0 Å². The summed E-state index contributed by atoms with van der Waals surface area (Å²) in [6.07, 6.45) is -3.15. The van der Waals surface area contributed by atoms with Crippen LogP contribution in [-0.4, -0.2) is 24.1 Å². The number of aliphatic hydroxyl groups is 1. The Hall–Kier alpha value is -0.580. The van der Waals surface area contributed by atoms with Crippen LogP contribution in [0.3, 0.4) is 0 Å². The van der Waals surface area contributed by atoms with Gasteiger partial charge in [0, 0.05) is 0 Å². The lowest BCUT2D eigenvalue weighted by atomic mass is 10.3. The van der Waals surface area contributed by atoms with E-state index in [-0.39, 0.29) is 6.08 Å². The summed E-state index contributed by atoms with van der Waals surface area (Å²) in [5, 5.41) is 7.95. The maximum absolute atomic E-state index is 11.8. The summed E-state index contributed by atoms with van der Waals surface area (Å²) in [7, 11) is 0. The van der Waals surface area contributed by atoms with Gasteiger partial charge in [0.25, 0.3) is 0 Å². The second-order valence-electron chi connectivity index (χ2n) is 1.56. The van der Waals surface area contributed by atoms with Crippen molar-refractivity contribution in [3.63, 3.8) is 0 Å². The molecule has 0 aromatic rings. The number of rotatable bonds is 3. The molecule has 1 nitrogen and oxygen atoms in total. The van der Waals surface area contributed by atoms with E-state index in [1.807, 2.05) is 0 Å². The van der Waals surface area contributed by atoms with Crippen LogP contribution in [0.25, 0.3) is 0 Å². The van der Waals surface area contributed by atoms with E-state index in [1.54, 1.807) is 0 Å². The minimum Gasteiger partial charge on any atom is -0.392 e. The Balaban J connectivity index is 3.98. The van der Waals surface area contributed by atoms with Crippen LogP contribution >= 0.6 is 0 Å². The van der Waals surface area contributed by atoms with E-state index in [9.17, 15) is 17.6 Å². The number of allylic oxidation sites excluding steroid dienone is 1. The summed E-state index contributed by atoms with van der Waals surface area (Å²) < 4.78 is 46.1. The predicted octanol–water partition coefficient (Wildman–Crippen LogP) is 1.44. The molecule has 0 saturated carbocycles. The molecule has 0 saturated heterocycles. The van der Waals surface area contributed by atoms with Crippen molar-refractivity contribution in [2.45, 2.75) is 12.3 Å². The average Bonchev–Trinajstić information content (AvgIpc) is 1.84. The summed E-state index contributed by atoms with van der Waals surface area (Å²) in [5.41, 5.74) is 0. The molecule has 0 aliphatic heterocycles. The zero-order valence-electron chi connectivity index (χ0n) is 4.90. The summed E-state index contributed by atoms with van der Waals surface area (Å²) in [4.78, 5) is 0. The monoisotopic (exact) mass is 158 g/mol. The van der Waals surface area contributed by atoms with Crippen molar-refractivity contribution in [2.75, 3.05) is 6.61 Å². The van der Waals surface area contributed by atoms with Gasteiger partial charge in [-0.1, -0.05) is 6.08 Å². The maximum Gasteiger partial charge on any atom is 0.325 e. The van der Waals surface area contributed by atoms with Crippen molar-refractivity contribution in [3.8, 4) is 0 Å². The molecule has 0 aromatic carbocycles. The van der Waals surface area contributed by atoms with Crippen molar-refractivity contribution in [3.05, 3.63) is 12.2 Å². The first-order valence-electron chi connectivity index (χ1n) is 2.45. The van der Waals surface area contributed by atoms with Gasteiger partial charge in [-0.2, -0.15) is 8.78 Å². The quantitative estimate of drug-likeness (QED) is 0.486. The van der Waals surface area contributed by atoms with Gasteiger partial charge in [-0.3, -0.25) is 0 Å². The van der Waals surface area contributed by atoms with E-state index in [1.165, 1.54) is 0 Å². The number of hydrogen-bond donors (Lipinski definition) is 1. The molecule has 60 valence electrons. The van der Waals surface area contributed by atoms with Crippen LogP contribution in [0.1, 0.15) is 0 Å². The van der Waals surface area contributed by atoms with E-state index in [2.05, 4.69) is 0 Å². The van der Waals surface area contributed by atoms with Gasteiger partial charge in [0.05, 0.1) is 6.61 Å². The van der Waals surface area contributed by atoms with Crippen molar-refractivity contribution in [2.24, 2.45) is 0 Å². The molecule has 0 unspecified atom stereocenters. The second-order valence-corrected chi connectivity index (χ2v) is 1.56. The third kappa shape index (κ3) is 2.82. The third-order valence-electron chi connectivity index (χ3n) is 0.736. The predicted molar refractivity (Wildman–Crippen MR) is 27.2 cm³/mol. The fourth-order valence-electron chi connectivity index (χ4n) is 0.283. The van der Waals surface area contributed by atoms with Crippen LogP contribution in [0, 0.1) is 0 Å². The molecule has 1 N–H and O–H groups in total. The van der Waals surface area contributed by atoms with Crippen molar-refractivity contribution >= 4 is 0 Å². The average molecular weight is 158 g/mol. The lowest BCUT2D eigenvalue weighted by Gasteiger charge is -2.08. The van der Waals surface area contributed by atoms with Gasteiger partial charge in [-0.25, -0.2) is 8.78 Å². The molecule has 0 bridgehead atoms. The fourth-order valence-corrected chi connectivity index (χ4v) is 0.283. The van der Waals surface area contributed by atoms with E-state index in [0.717, 1.165) is 0 Å². The van der Waals surface area contributed by atoms with Gasteiger partial charge in [0.1, 0.15) is 0 Å². The van der Waals surface area contributed by atoms with Gasteiger partial charge in [0.2, 0.25) is 0 Å². The molecule has 5 heteroatoms. The van der Waals surface area contributed by atoms with Crippen LogP contribution < -0.4 is 0 Å². The van der Waals surface area contributed by atoms with Crippen LogP contribution in [0.2, 0.25) is 0 Å². The molecule has 0 aliphatic rings. The van der Waals surface area contributed by atoms with Gasteiger partial charge < -0.3 is 5.11 Å². The summed E-state index contributed by atoms with van der Waals surface area (Å²) in [5.74, 6) is -4.12. The summed E-state index contributed by atoms with van der Waals surface area (Å²) in [6, 6.07) is 0. The van der Waals surface area contributed by atoms with Crippen LogP contribution in [-0.2, 0) is 0 Å². The van der Waals surface area contributed by atoms with Gasteiger partial charge >= 0.3 is 12.3 Å². The summed E-state index contributed by atoms with van der Waals surface area (Å²) in [6.45, 7) is -0.664. The third-order valence-corrected chi connectivity index (χ3v) is 0.736. The standard InChI is InChI=1S/C5H6F4O/c6-4(7)5(8,9)2-1-3-10/h1-2,4,10H,3H2/b2-1+. The minimum atomic E-state index is -4.12. The normalized spacial score (nSPS) is 13.4. The molecule has 0 fully saturated rings. The van der Waals surface area contributed by atoms with E-state index in [4.69, 9.17) is 5.11 Å². The van der Waals surface area contributed by atoms with Gasteiger partial charge in [-0.15, -0.1) is 0 Å². The lowest BCUT2D eigenvalue weighted by molar-refractivity contribution is -0.0909. The Bertz CT molecular complexity index is 121. The largest absolute Gasteiger partial charge is 0.392 e. The molecule has 0 heterocycles. The zero-order chi connectivity index (χ0) is 8.20. The molecular weight excluding hydrogens is 152 g/mol. The zero-order valence-corrected chi connectivity index (χ0v) is 4.90. The van der Waals surface area contributed by atoms with E-state index >= 15 is 0 Å². The van der Waals surface area contributed by atoms with E-state index < -0.39 is 19.0 Å². The van der Waals surface area contributed by atoms with Crippen molar-refractivity contribution in [1.29, 1.82) is 0 Å². The minimum absolute atomic E-state index is 0.0162. The first kappa shape index (κ1) is 9.42. The van der Waals surface area contributed by atoms with Crippen molar-refractivity contribution < 1.29 is 22.7 Å². The molecule has 0 spiro atoms. The highest BCUT2D eigenvalue weighted by Gasteiger charge is 2.37. The van der Waals surface area contributed by atoms with Crippen molar-refractivity contribution in [1.82, 2.24) is 0 Å². The Morgan fingerprint density at radius 1 is 1.40 bits per heavy atom. The molecular formula is C5H6F4O.